The molecule has 0 aromatic carbocycles. The van der Waals surface area contributed by atoms with Gasteiger partial charge >= 0.3 is 0 Å². The van der Waals surface area contributed by atoms with Gasteiger partial charge in [0.1, 0.15) is 0 Å². The molecule has 1 aromatic rings. The molecule has 3 rings (SSSR count). The van der Waals surface area contributed by atoms with Gasteiger partial charge in [-0.2, -0.15) is 0 Å². The third kappa shape index (κ3) is 1.34. The quantitative estimate of drug-likeness (QED) is 0.751. The molecular formula is C10H16N4. The van der Waals surface area contributed by atoms with Crippen LogP contribution in [-0.2, 0) is 19.5 Å². The Hall–Kier alpha value is -0.900. The van der Waals surface area contributed by atoms with E-state index in [-0.39, 0.29) is 0 Å². The molecule has 2 aliphatic rings. The largest absolute Gasteiger partial charge is 0.311 e. The summed E-state index contributed by atoms with van der Waals surface area (Å²) in [6.07, 6.45) is 5.20. The van der Waals surface area contributed by atoms with E-state index in [0.717, 1.165) is 32.0 Å². The van der Waals surface area contributed by atoms with Crippen molar-refractivity contribution >= 4 is 0 Å². The molecule has 1 aliphatic heterocycles. The van der Waals surface area contributed by atoms with Crippen molar-refractivity contribution < 1.29 is 0 Å². The Morgan fingerprint density at radius 1 is 1.43 bits per heavy atom. The van der Waals surface area contributed by atoms with Crippen molar-refractivity contribution in [1.82, 2.24) is 20.3 Å². The van der Waals surface area contributed by atoms with Gasteiger partial charge in [0.15, 0.2) is 0 Å². The molecule has 4 nitrogen and oxygen atoms in total. The van der Waals surface area contributed by atoms with Gasteiger partial charge in [-0.1, -0.05) is 11.6 Å². The van der Waals surface area contributed by atoms with Crippen LogP contribution in [0.2, 0.25) is 0 Å². The number of hydrogen-bond donors (Lipinski definition) is 1. The maximum atomic E-state index is 4.25. The van der Waals surface area contributed by atoms with Crippen LogP contribution in [0.3, 0.4) is 0 Å². The third-order valence-electron chi connectivity index (χ3n) is 3.40. The highest BCUT2D eigenvalue weighted by molar-refractivity contribution is 5.13. The highest BCUT2D eigenvalue weighted by Crippen LogP contribution is 2.28. The Balaban J connectivity index is 1.79. The van der Waals surface area contributed by atoms with Crippen molar-refractivity contribution in [3.8, 4) is 0 Å². The highest BCUT2D eigenvalue weighted by atomic mass is 15.4. The molecule has 1 aliphatic carbocycles. The summed E-state index contributed by atoms with van der Waals surface area (Å²) in [6.45, 7) is 3.09. The van der Waals surface area contributed by atoms with Crippen LogP contribution in [0.25, 0.3) is 0 Å². The van der Waals surface area contributed by atoms with E-state index >= 15 is 0 Å². The predicted octanol–water partition coefficient (Wildman–Crippen LogP) is 0.724. The SMILES string of the molecule is C1CC(Cn2nnc3c2CNCC3)C1. The molecule has 0 bridgehead atoms. The van der Waals surface area contributed by atoms with Crippen LogP contribution in [-0.4, -0.2) is 21.5 Å². The van der Waals surface area contributed by atoms with Crippen LogP contribution in [0, 0.1) is 5.92 Å². The monoisotopic (exact) mass is 192 g/mol. The second-order valence-corrected chi connectivity index (χ2v) is 4.39. The first-order chi connectivity index (χ1) is 6.93. The summed E-state index contributed by atoms with van der Waals surface area (Å²) in [4.78, 5) is 0. The summed E-state index contributed by atoms with van der Waals surface area (Å²) in [6, 6.07) is 0. The lowest BCUT2D eigenvalue weighted by atomic mass is 9.85. The summed E-state index contributed by atoms with van der Waals surface area (Å²) in [5, 5.41) is 11.9. The Labute approximate surface area is 83.7 Å². The molecular weight excluding hydrogens is 176 g/mol. The van der Waals surface area contributed by atoms with Crippen LogP contribution in [0.1, 0.15) is 30.7 Å². The number of rotatable bonds is 2. The third-order valence-corrected chi connectivity index (χ3v) is 3.40. The molecule has 1 N–H and O–H groups in total. The molecule has 0 radical (unpaired) electrons. The second kappa shape index (κ2) is 3.35. The zero-order valence-electron chi connectivity index (χ0n) is 8.37. The van der Waals surface area contributed by atoms with Gasteiger partial charge in [0.2, 0.25) is 0 Å². The molecule has 0 spiro atoms. The van der Waals surface area contributed by atoms with Crippen molar-refractivity contribution in [1.29, 1.82) is 0 Å². The fraction of sp³-hybridized carbons (Fsp3) is 0.800. The maximum Gasteiger partial charge on any atom is 0.0885 e. The van der Waals surface area contributed by atoms with Crippen LogP contribution < -0.4 is 5.32 Å². The van der Waals surface area contributed by atoms with Gasteiger partial charge in [0.05, 0.1) is 11.4 Å². The molecule has 1 aromatic heterocycles. The lowest BCUT2D eigenvalue weighted by Crippen LogP contribution is -2.27. The molecule has 1 fully saturated rings. The number of nitrogens with zero attached hydrogens (tertiary/aromatic N) is 3. The van der Waals surface area contributed by atoms with Gasteiger partial charge in [-0.05, 0) is 18.8 Å². The lowest BCUT2D eigenvalue weighted by molar-refractivity contribution is 0.260. The molecule has 0 unspecified atom stereocenters. The Morgan fingerprint density at radius 3 is 3.14 bits per heavy atom. The first-order valence-corrected chi connectivity index (χ1v) is 5.55. The highest BCUT2D eigenvalue weighted by Gasteiger charge is 2.22. The lowest BCUT2D eigenvalue weighted by Gasteiger charge is -2.26. The summed E-state index contributed by atoms with van der Waals surface area (Å²) in [5.41, 5.74) is 2.53. The molecule has 0 atom stereocenters. The van der Waals surface area contributed by atoms with Crippen molar-refractivity contribution in [2.75, 3.05) is 6.54 Å². The van der Waals surface area contributed by atoms with E-state index in [0.29, 0.717) is 0 Å². The summed E-state index contributed by atoms with van der Waals surface area (Å²) >= 11 is 0. The average molecular weight is 192 g/mol. The van der Waals surface area contributed by atoms with Gasteiger partial charge < -0.3 is 5.32 Å². The number of hydrogen-bond acceptors (Lipinski definition) is 3. The minimum atomic E-state index is 0.864. The molecule has 4 heteroatoms. The number of nitrogens with one attached hydrogen (secondary N) is 1. The van der Waals surface area contributed by atoms with Crippen LogP contribution in [0.4, 0.5) is 0 Å². The van der Waals surface area contributed by atoms with Gasteiger partial charge in [0, 0.05) is 26.1 Å². The summed E-state index contributed by atoms with van der Waals surface area (Å²) in [7, 11) is 0. The van der Waals surface area contributed by atoms with Crippen molar-refractivity contribution in [3.05, 3.63) is 11.4 Å². The zero-order valence-corrected chi connectivity index (χ0v) is 8.37. The van der Waals surface area contributed by atoms with E-state index in [9.17, 15) is 0 Å². The molecule has 0 saturated heterocycles. The van der Waals surface area contributed by atoms with E-state index in [1.165, 1.54) is 30.7 Å². The van der Waals surface area contributed by atoms with Crippen molar-refractivity contribution in [2.45, 2.75) is 38.8 Å². The maximum absolute atomic E-state index is 4.25. The van der Waals surface area contributed by atoms with E-state index in [1.54, 1.807) is 0 Å². The Morgan fingerprint density at radius 2 is 2.36 bits per heavy atom. The van der Waals surface area contributed by atoms with Gasteiger partial charge in [-0.3, -0.25) is 0 Å². The summed E-state index contributed by atoms with van der Waals surface area (Å²) < 4.78 is 2.12. The van der Waals surface area contributed by atoms with Gasteiger partial charge in [-0.15, -0.1) is 5.10 Å². The Bertz CT molecular complexity index is 327. The number of fused-ring (bicyclic) bond motifs is 1. The summed E-state index contributed by atoms with van der Waals surface area (Å²) in [5.74, 6) is 0.864. The van der Waals surface area contributed by atoms with E-state index in [4.69, 9.17) is 0 Å². The van der Waals surface area contributed by atoms with Crippen LogP contribution >= 0.6 is 0 Å². The minimum Gasteiger partial charge on any atom is -0.311 e. The average Bonchev–Trinajstić information content (AvgIpc) is 2.55. The van der Waals surface area contributed by atoms with Crippen molar-refractivity contribution in [2.24, 2.45) is 5.92 Å². The van der Waals surface area contributed by atoms with Gasteiger partial charge in [0.25, 0.3) is 0 Å². The fourth-order valence-electron chi connectivity index (χ4n) is 2.24. The fourth-order valence-corrected chi connectivity index (χ4v) is 2.24. The molecule has 0 amide bonds. The Kier molecular flexibility index (Phi) is 2.01. The minimum absolute atomic E-state index is 0.864. The standard InChI is InChI=1S/C10H16N4/c1-2-8(3-1)7-14-10-6-11-5-4-9(10)12-13-14/h8,11H,1-7H2. The molecule has 76 valence electrons. The van der Waals surface area contributed by atoms with Crippen LogP contribution in [0.15, 0.2) is 0 Å². The van der Waals surface area contributed by atoms with E-state index < -0.39 is 0 Å². The smallest absolute Gasteiger partial charge is 0.0885 e. The van der Waals surface area contributed by atoms with Crippen molar-refractivity contribution in [3.63, 3.8) is 0 Å². The first-order valence-electron chi connectivity index (χ1n) is 5.55. The molecule has 2 heterocycles. The van der Waals surface area contributed by atoms with Crippen LogP contribution in [0.5, 0.6) is 0 Å². The molecule has 14 heavy (non-hydrogen) atoms. The molecule has 1 saturated carbocycles. The predicted molar refractivity (Wildman–Crippen MR) is 52.8 cm³/mol. The number of aromatic nitrogens is 3. The normalized spacial score (nSPS) is 21.7. The first kappa shape index (κ1) is 8.41. The van der Waals surface area contributed by atoms with E-state index in [1.807, 2.05) is 0 Å². The second-order valence-electron chi connectivity index (χ2n) is 4.39. The van der Waals surface area contributed by atoms with E-state index in [2.05, 4.69) is 20.3 Å². The topological polar surface area (TPSA) is 42.7 Å². The zero-order chi connectivity index (χ0) is 9.38. The van der Waals surface area contributed by atoms with Gasteiger partial charge in [-0.25, -0.2) is 4.68 Å².